The van der Waals surface area contributed by atoms with Crippen molar-refractivity contribution in [3.8, 4) is 11.3 Å². The van der Waals surface area contributed by atoms with Crippen molar-refractivity contribution in [2.75, 3.05) is 24.7 Å². The third kappa shape index (κ3) is 5.66. The number of pyridine rings is 1. The molecule has 0 saturated carbocycles. The molecule has 2 aromatic heterocycles. The zero-order valence-electron chi connectivity index (χ0n) is 22.0. The second-order valence-corrected chi connectivity index (χ2v) is 12.5. The van der Waals surface area contributed by atoms with E-state index < -0.39 is 16.1 Å². The number of hydrogen-bond acceptors (Lipinski definition) is 7. The molecule has 3 aromatic rings. The summed E-state index contributed by atoms with van der Waals surface area (Å²) < 4.78 is 27.1. The van der Waals surface area contributed by atoms with Crippen LogP contribution in [0.15, 0.2) is 48.9 Å². The lowest BCUT2D eigenvalue weighted by Gasteiger charge is -2.30. The van der Waals surface area contributed by atoms with Crippen LogP contribution < -0.4 is 10.6 Å². The van der Waals surface area contributed by atoms with Crippen LogP contribution in [0.25, 0.3) is 17.3 Å². The second-order valence-electron chi connectivity index (χ2n) is 10.5. The predicted octanol–water partition coefficient (Wildman–Crippen LogP) is 4.30. The number of piperidine rings is 1. The molecular weight excluding hydrogens is 500 g/mol. The highest BCUT2D eigenvalue weighted by molar-refractivity contribution is 7.88. The number of sulfonamides is 1. The maximum atomic E-state index is 11.9. The highest BCUT2D eigenvalue weighted by atomic mass is 32.2. The number of fused-ring (bicyclic) bond motifs is 1. The molecule has 1 fully saturated rings. The van der Waals surface area contributed by atoms with E-state index in [0.717, 1.165) is 53.7 Å². The van der Waals surface area contributed by atoms with E-state index in [2.05, 4.69) is 41.7 Å². The molecule has 1 atom stereocenters. The number of aldehydes is 1. The minimum absolute atomic E-state index is 0.326. The lowest BCUT2D eigenvalue weighted by molar-refractivity contribution is -0.109. The fourth-order valence-corrected chi connectivity index (χ4v) is 6.05. The van der Waals surface area contributed by atoms with Crippen molar-refractivity contribution in [3.63, 3.8) is 0 Å². The van der Waals surface area contributed by atoms with Gasteiger partial charge in [0.05, 0.1) is 18.1 Å². The van der Waals surface area contributed by atoms with Crippen molar-refractivity contribution >= 4 is 33.9 Å². The van der Waals surface area contributed by atoms with Crippen LogP contribution in [0, 0.1) is 5.92 Å². The molecule has 0 aliphatic carbocycles. The van der Waals surface area contributed by atoms with Crippen molar-refractivity contribution in [1.82, 2.24) is 24.4 Å². The maximum absolute atomic E-state index is 11.9. The van der Waals surface area contributed by atoms with Gasteiger partial charge in [0.2, 0.25) is 10.0 Å². The van der Waals surface area contributed by atoms with Crippen LogP contribution >= 0.6 is 0 Å². The number of nitrogens with zero attached hydrogens (tertiary/aromatic N) is 4. The maximum Gasteiger partial charge on any atom is 0.211 e. The van der Waals surface area contributed by atoms with Crippen LogP contribution in [0.2, 0.25) is 0 Å². The summed E-state index contributed by atoms with van der Waals surface area (Å²) in [5.74, 6) is 1.43. The Hall–Kier alpha value is -3.50. The minimum Gasteiger partial charge on any atom is -0.378 e. The molecule has 38 heavy (non-hydrogen) atoms. The molecular formula is C28H34N6O3S. The molecule has 2 N–H and O–H groups in total. The molecule has 10 heteroatoms. The Morgan fingerprint density at radius 3 is 2.58 bits per heavy atom. The van der Waals surface area contributed by atoms with Crippen LogP contribution in [0.5, 0.6) is 0 Å². The molecule has 0 bridgehead atoms. The molecule has 1 aromatic carbocycles. The van der Waals surface area contributed by atoms with Gasteiger partial charge in [-0.2, -0.15) is 5.10 Å². The van der Waals surface area contributed by atoms with Crippen molar-refractivity contribution in [2.24, 2.45) is 5.92 Å². The highest BCUT2D eigenvalue weighted by Crippen LogP contribution is 2.35. The summed E-state index contributed by atoms with van der Waals surface area (Å²) in [6.07, 6.45) is 11.4. The van der Waals surface area contributed by atoms with E-state index in [-0.39, 0.29) is 0 Å². The van der Waals surface area contributed by atoms with Gasteiger partial charge in [0.25, 0.3) is 0 Å². The normalized spacial score (nSPS) is 18.3. The quantitative estimate of drug-likeness (QED) is 0.415. The summed E-state index contributed by atoms with van der Waals surface area (Å²) in [5.41, 5.74) is 5.50. The Morgan fingerprint density at radius 1 is 1.18 bits per heavy atom. The molecule has 0 spiro atoms. The van der Waals surface area contributed by atoms with Crippen molar-refractivity contribution < 1.29 is 13.2 Å². The number of carbonyl (C=O) groups excluding carboxylic acids is 1. The first-order chi connectivity index (χ1) is 18.2. The Morgan fingerprint density at radius 2 is 1.92 bits per heavy atom. The molecule has 2 aliphatic heterocycles. The summed E-state index contributed by atoms with van der Waals surface area (Å²) in [6, 6.07) is 9.71. The summed E-state index contributed by atoms with van der Waals surface area (Å²) in [4.78, 5) is 16.8. The summed E-state index contributed by atoms with van der Waals surface area (Å²) in [5, 5.41) is 11.0. The van der Waals surface area contributed by atoms with E-state index >= 15 is 0 Å². The van der Waals surface area contributed by atoms with Crippen LogP contribution in [0.4, 0.5) is 11.5 Å². The van der Waals surface area contributed by atoms with E-state index in [1.807, 2.05) is 41.4 Å². The molecule has 9 nitrogen and oxygen atoms in total. The van der Waals surface area contributed by atoms with E-state index in [1.165, 1.54) is 11.8 Å². The topological polar surface area (TPSA) is 109 Å². The summed E-state index contributed by atoms with van der Waals surface area (Å²) in [7, 11) is -3.14. The third-order valence-corrected chi connectivity index (χ3v) is 8.43. The zero-order valence-corrected chi connectivity index (χ0v) is 22.8. The number of aromatic nitrogens is 3. The smallest absolute Gasteiger partial charge is 0.211 e. The van der Waals surface area contributed by atoms with Gasteiger partial charge in [-0.05, 0) is 66.3 Å². The number of rotatable bonds is 8. The van der Waals surface area contributed by atoms with Crippen LogP contribution in [0.1, 0.15) is 55.3 Å². The molecule has 200 valence electrons. The minimum atomic E-state index is -3.14. The molecule has 1 unspecified atom stereocenters. The fraction of sp³-hybridized carbons (Fsp3) is 0.393. The van der Waals surface area contributed by atoms with E-state index in [0.29, 0.717) is 30.7 Å². The molecule has 0 amide bonds. The van der Waals surface area contributed by atoms with Crippen LogP contribution in [-0.2, 0) is 21.4 Å². The first-order valence-electron chi connectivity index (χ1n) is 13.0. The highest BCUT2D eigenvalue weighted by Gasteiger charge is 2.26. The lowest BCUT2D eigenvalue weighted by atomic mass is 9.90. The number of nitrogens with one attached hydrogen (secondary N) is 2. The van der Waals surface area contributed by atoms with Gasteiger partial charge in [-0.15, -0.1) is 0 Å². The molecule has 0 radical (unpaired) electrons. The van der Waals surface area contributed by atoms with Crippen LogP contribution in [-0.4, -0.2) is 53.1 Å². The summed E-state index contributed by atoms with van der Waals surface area (Å²) in [6.45, 7) is 6.23. The van der Waals surface area contributed by atoms with Crippen molar-refractivity contribution in [1.29, 1.82) is 0 Å². The van der Waals surface area contributed by atoms with Gasteiger partial charge in [0, 0.05) is 42.6 Å². The Balaban J connectivity index is 1.40. The number of hydrogen-bond donors (Lipinski definition) is 2. The molecule has 4 heterocycles. The Kier molecular flexibility index (Phi) is 7.36. The monoisotopic (exact) mass is 534 g/mol. The summed E-state index contributed by atoms with van der Waals surface area (Å²) >= 11 is 0. The van der Waals surface area contributed by atoms with E-state index in [4.69, 9.17) is 4.98 Å². The Labute approximate surface area is 224 Å². The van der Waals surface area contributed by atoms with Gasteiger partial charge >= 0.3 is 0 Å². The van der Waals surface area contributed by atoms with Gasteiger partial charge in [-0.25, -0.2) is 17.7 Å². The number of benzene rings is 1. The largest absolute Gasteiger partial charge is 0.378 e. The first kappa shape index (κ1) is 26.1. The van der Waals surface area contributed by atoms with Gasteiger partial charge in [0.1, 0.15) is 18.1 Å². The SMILES string of the molecule is CC(C)Cn1cc(-c2cc3c(c(Nc4ccc(C5CCN(S(C)(=O)=O)CC5)cc4)n2)C(C=O)NC=C3)cn1. The van der Waals surface area contributed by atoms with Crippen molar-refractivity contribution in [3.05, 3.63) is 65.6 Å². The average molecular weight is 535 g/mol. The van der Waals surface area contributed by atoms with E-state index in [9.17, 15) is 13.2 Å². The Bertz CT molecular complexity index is 1440. The predicted molar refractivity (Wildman–Crippen MR) is 149 cm³/mol. The molecule has 5 rings (SSSR count). The third-order valence-electron chi connectivity index (χ3n) is 7.13. The van der Waals surface area contributed by atoms with Gasteiger partial charge in [0.15, 0.2) is 0 Å². The van der Waals surface area contributed by atoms with Gasteiger partial charge < -0.3 is 15.4 Å². The lowest BCUT2D eigenvalue weighted by Crippen LogP contribution is -2.37. The van der Waals surface area contributed by atoms with E-state index in [1.54, 1.807) is 10.5 Å². The average Bonchev–Trinajstić information content (AvgIpc) is 3.36. The van der Waals surface area contributed by atoms with Crippen LogP contribution in [0.3, 0.4) is 0 Å². The number of anilines is 2. The van der Waals surface area contributed by atoms with Crippen molar-refractivity contribution in [2.45, 2.75) is 45.2 Å². The fourth-order valence-electron chi connectivity index (χ4n) is 5.18. The second kappa shape index (κ2) is 10.7. The number of carbonyl (C=O) groups is 1. The zero-order chi connectivity index (χ0) is 26.9. The first-order valence-corrected chi connectivity index (χ1v) is 14.8. The standard InChI is InChI=1S/C28H34N6O3S/c1-19(2)16-33-17-23(15-30-33)25-14-22-8-11-29-26(18-35)27(22)28(32-25)31-24-6-4-20(5-7-24)21-9-12-34(13-10-21)38(3,36)37/h4-8,11,14-15,17-19,21,26,29H,9-10,12-13,16H2,1-3H3,(H,31,32). The van der Waals surface area contributed by atoms with Gasteiger partial charge in [-0.3, -0.25) is 4.68 Å². The molecule has 2 aliphatic rings. The molecule has 1 saturated heterocycles. The van der Waals surface area contributed by atoms with Gasteiger partial charge in [-0.1, -0.05) is 26.0 Å².